The molecule has 0 spiro atoms. The van der Waals surface area contributed by atoms with E-state index in [2.05, 4.69) is 0 Å². The molecule has 0 unspecified atom stereocenters. The fourth-order valence-corrected chi connectivity index (χ4v) is 2.92. The quantitative estimate of drug-likeness (QED) is 0.677. The van der Waals surface area contributed by atoms with Gasteiger partial charge in [-0.25, -0.2) is 0 Å². The van der Waals surface area contributed by atoms with Crippen LogP contribution in [0.1, 0.15) is 33.4 Å². The minimum Gasteiger partial charge on any atom is -0.192 e. The van der Waals surface area contributed by atoms with Crippen LogP contribution in [0, 0.1) is 79.3 Å². The Kier molecular flexibility index (Phi) is 6.26. The minimum atomic E-state index is -5.14. The van der Waals surface area contributed by atoms with Crippen LogP contribution in [0.15, 0.2) is 24.3 Å². The Morgan fingerprint density at radius 2 is 1.19 bits per heavy atom. The summed E-state index contributed by atoms with van der Waals surface area (Å²) in [5, 5.41) is 64.3. The van der Waals surface area contributed by atoms with Gasteiger partial charge in [-0.05, 0) is 18.2 Å². The van der Waals surface area contributed by atoms with Crippen molar-refractivity contribution in [2.75, 3.05) is 0 Å². The van der Waals surface area contributed by atoms with Crippen molar-refractivity contribution in [1.29, 1.82) is 36.8 Å². The van der Waals surface area contributed by atoms with Crippen molar-refractivity contribution in [2.24, 2.45) is 0 Å². The summed E-state index contributed by atoms with van der Waals surface area (Å²) in [6.45, 7) is 0. The smallest absolute Gasteiger partial charge is 0.192 e. The van der Waals surface area contributed by atoms with Gasteiger partial charge in [0.25, 0.3) is 0 Å². The van der Waals surface area contributed by atoms with Gasteiger partial charge in [0.05, 0.1) is 45.5 Å². The number of halogens is 3. The van der Waals surface area contributed by atoms with E-state index in [0.717, 1.165) is 24.3 Å². The number of nitrogens with zero attached hydrogens (tertiary/aromatic N) is 7. The number of hydrogen-bond acceptors (Lipinski definition) is 7. The molecule has 0 aliphatic heterocycles. The van der Waals surface area contributed by atoms with E-state index in [1.165, 1.54) is 12.1 Å². The summed E-state index contributed by atoms with van der Waals surface area (Å²) in [5.41, 5.74) is -5.77. The molecule has 32 heavy (non-hydrogen) atoms. The van der Waals surface area contributed by atoms with Gasteiger partial charge in [0.2, 0.25) is 0 Å². The largest absolute Gasteiger partial charge is 0.418 e. The van der Waals surface area contributed by atoms with Crippen molar-refractivity contribution in [1.82, 2.24) is 0 Å². The van der Waals surface area contributed by atoms with E-state index in [1.54, 1.807) is 30.3 Å². The van der Waals surface area contributed by atoms with Crippen molar-refractivity contribution >= 4 is 11.1 Å². The van der Waals surface area contributed by atoms with Gasteiger partial charge in [-0.1, -0.05) is 6.07 Å². The molecule has 0 aliphatic carbocycles. The van der Waals surface area contributed by atoms with Crippen LogP contribution in [0.5, 0.6) is 0 Å². The number of rotatable bonds is 1. The third-order valence-corrected chi connectivity index (χ3v) is 4.26. The van der Waals surface area contributed by atoms with E-state index in [-0.39, 0.29) is 21.6 Å². The van der Waals surface area contributed by atoms with E-state index in [1.807, 2.05) is 0 Å². The molecule has 0 saturated carbocycles. The van der Waals surface area contributed by atoms with Crippen LogP contribution in [-0.4, -0.2) is 0 Å². The van der Waals surface area contributed by atoms with Gasteiger partial charge in [-0.2, -0.15) is 50.0 Å². The van der Waals surface area contributed by atoms with Crippen molar-refractivity contribution < 1.29 is 13.2 Å². The molecule has 0 atom stereocenters. The van der Waals surface area contributed by atoms with Crippen molar-refractivity contribution in [2.45, 2.75) is 6.18 Å². The molecule has 2 rings (SSSR count). The average Bonchev–Trinajstić information content (AvgIpc) is 2.79. The second-order valence-electron chi connectivity index (χ2n) is 5.88. The third kappa shape index (κ3) is 3.79. The van der Waals surface area contributed by atoms with Crippen molar-refractivity contribution in [3.05, 3.63) is 68.1 Å². The minimum absolute atomic E-state index is 0.219. The first kappa shape index (κ1) is 22.7. The van der Waals surface area contributed by atoms with E-state index >= 15 is 0 Å². The second kappa shape index (κ2) is 8.82. The number of benzene rings is 2. The number of nitriles is 7. The fraction of sp³-hybridized carbons (Fsp3) is 0.0455. The van der Waals surface area contributed by atoms with Crippen molar-refractivity contribution in [3.8, 4) is 42.5 Å². The number of alkyl halides is 3. The molecular formula is C22H4F3N7. The summed E-state index contributed by atoms with van der Waals surface area (Å²) in [7, 11) is 0. The summed E-state index contributed by atoms with van der Waals surface area (Å²) in [4.78, 5) is 0. The Morgan fingerprint density at radius 3 is 1.62 bits per heavy atom. The summed E-state index contributed by atoms with van der Waals surface area (Å²) in [6, 6.07) is 14.5. The fourth-order valence-electron chi connectivity index (χ4n) is 2.92. The third-order valence-electron chi connectivity index (χ3n) is 4.26. The SMILES string of the molecule is N#CC(C#N)=c1cc(C#N)/c(=C(/C#N)c2ccc(C#N)c(C#N)c2C(F)(F)F)cc1C#N. The lowest BCUT2D eigenvalue weighted by atomic mass is 9.90. The van der Waals surface area contributed by atoms with E-state index in [0.29, 0.717) is 0 Å². The molecule has 0 bridgehead atoms. The zero-order valence-corrected chi connectivity index (χ0v) is 15.6. The van der Waals surface area contributed by atoms with E-state index in [9.17, 15) is 34.2 Å². The predicted octanol–water partition coefficient (Wildman–Crippen LogP) is 2.11. The van der Waals surface area contributed by atoms with Gasteiger partial charge in [-0.3, -0.25) is 0 Å². The topological polar surface area (TPSA) is 167 Å². The molecule has 7 nitrogen and oxygen atoms in total. The normalized spacial score (nSPS) is 10.6. The molecule has 0 N–H and O–H groups in total. The van der Waals surface area contributed by atoms with Crippen LogP contribution in [0.4, 0.5) is 13.2 Å². The highest BCUT2D eigenvalue weighted by Gasteiger charge is 2.38. The average molecular weight is 423 g/mol. The van der Waals surface area contributed by atoms with Gasteiger partial charge < -0.3 is 0 Å². The maximum absolute atomic E-state index is 13.8. The second-order valence-corrected chi connectivity index (χ2v) is 5.88. The summed E-state index contributed by atoms with van der Waals surface area (Å²) < 4.78 is 41.5. The first-order chi connectivity index (χ1) is 15.2. The highest BCUT2D eigenvalue weighted by molar-refractivity contribution is 5.82. The number of hydrogen-bond donors (Lipinski definition) is 0. The maximum atomic E-state index is 13.8. The first-order valence-corrected chi connectivity index (χ1v) is 8.20. The Bertz CT molecular complexity index is 1570. The molecule has 0 amide bonds. The molecule has 0 fully saturated rings. The van der Waals surface area contributed by atoms with Gasteiger partial charge in [-0.15, -0.1) is 0 Å². The van der Waals surface area contributed by atoms with E-state index < -0.39 is 39.6 Å². The Labute approximate surface area is 178 Å². The summed E-state index contributed by atoms with van der Waals surface area (Å²) in [5.74, 6) is 0. The van der Waals surface area contributed by atoms with Crippen molar-refractivity contribution in [3.63, 3.8) is 0 Å². The molecule has 0 aliphatic rings. The molecular weight excluding hydrogens is 419 g/mol. The highest BCUT2D eigenvalue weighted by atomic mass is 19.4. The lowest BCUT2D eigenvalue weighted by Crippen LogP contribution is -2.22. The molecule has 0 aromatic heterocycles. The molecule has 148 valence electrons. The van der Waals surface area contributed by atoms with Crippen LogP contribution in [-0.2, 0) is 6.18 Å². The van der Waals surface area contributed by atoms with Gasteiger partial charge >= 0.3 is 6.18 Å². The first-order valence-electron chi connectivity index (χ1n) is 8.20. The Hall–Kier alpha value is -5.60. The molecule has 0 heterocycles. The zero-order chi connectivity index (χ0) is 24.1. The van der Waals surface area contributed by atoms with Gasteiger partial charge in [0.1, 0.15) is 35.9 Å². The summed E-state index contributed by atoms with van der Waals surface area (Å²) in [6.07, 6.45) is -5.14. The monoisotopic (exact) mass is 423 g/mol. The van der Waals surface area contributed by atoms with Gasteiger partial charge in [0.15, 0.2) is 0 Å². The van der Waals surface area contributed by atoms with Gasteiger partial charge in [0, 0.05) is 16.0 Å². The van der Waals surface area contributed by atoms with Crippen LogP contribution in [0.25, 0.3) is 11.1 Å². The molecule has 0 radical (unpaired) electrons. The molecule has 10 heteroatoms. The Morgan fingerprint density at radius 1 is 0.656 bits per heavy atom. The lowest BCUT2D eigenvalue weighted by molar-refractivity contribution is -0.138. The predicted molar refractivity (Wildman–Crippen MR) is 98.8 cm³/mol. The van der Waals surface area contributed by atoms with Crippen LogP contribution < -0.4 is 10.4 Å². The summed E-state index contributed by atoms with van der Waals surface area (Å²) >= 11 is 0. The van der Waals surface area contributed by atoms with Crippen LogP contribution in [0.2, 0.25) is 0 Å². The highest BCUT2D eigenvalue weighted by Crippen LogP contribution is 2.38. The Balaban J connectivity index is 3.28. The van der Waals surface area contributed by atoms with Crippen LogP contribution in [0.3, 0.4) is 0 Å². The molecule has 2 aromatic carbocycles. The van der Waals surface area contributed by atoms with E-state index in [4.69, 9.17) is 15.8 Å². The lowest BCUT2D eigenvalue weighted by Gasteiger charge is -2.15. The van der Waals surface area contributed by atoms with Crippen LogP contribution >= 0.6 is 0 Å². The molecule has 2 aromatic rings. The standard InChI is InChI=1S/C22H4F3N7/c23-22(24,25)21-16(2-1-12(5-26)19(21)10-31)20(11-32)18-4-13(6-27)17(3-14(18)7-28)15(8-29)9-30/h1-4H/b20-18-. The molecule has 0 saturated heterocycles. The maximum Gasteiger partial charge on any atom is 0.418 e. The zero-order valence-electron chi connectivity index (χ0n) is 15.6.